The first-order chi connectivity index (χ1) is 4.72. The monoisotopic (exact) mass is 141 g/mol. The van der Waals surface area contributed by atoms with Crippen molar-refractivity contribution in [1.82, 2.24) is 5.32 Å². The van der Waals surface area contributed by atoms with Crippen LogP contribution in [0.1, 0.15) is 33.1 Å². The molecule has 60 valence electrons. The summed E-state index contributed by atoms with van der Waals surface area (Å²) in [6.07, 6.45) is 4.30. The van der Waals surface area contributed by atoms with Gasteiger partial charge in [0.25, 0.3) is 0 Å². The van der Waals surface area contributed by atoms with E-state index in [-0.39, 0.29) is 0 Å². The standard InChI is InChI=1S/C9H19N/c1-7-4-9(5-7)6-8(2)10-3/h7-10H,4-6H2,1-3H3. The van der Waals surface area contributed by atoms with Crippen molar-refractivity contribution in [3.8, 4) is 0 Å². The van der Waals surface area contributed by atoms with Gasteiger partial charge in [0.15, 0.2) is 0 Å². The molecule has 0 bridgehead atoms. The maximum atomic E-state index is 3.28. The Hall–Kier alpha value is -0.0400. The van der Waals surface area contributed by atoms with Crippen molar-refractivity contribution in [2.45, 2.75) is 39.2 Å². The van der Waals surface area contributed by atoms with Crippen molar-refractivity contribution < 1.29 is 0 Å². The summed E-state index contributed by atoms with van der Waals surface area (Å²) in [6, 6.07) is 0.720. The van der Waals surface area contributed by atoms with E-state index in [2.05, 4.69) is 19.2 Å². The highest BCUT2D eigenvalue weighted by atomic mass is 14.8. The highest BCUT2D eigenvalue weighted by Crippen LogP contribution is 2.35. The zero-order valence-corrected chi connectivity index (χ0v) is 7.35. The summed E-state index contributed by atoms with van der Waals surface area (Å²) in [6.45, 7) is 4.61. The van der Waals surface area contributed by atoms with Gasteiger partial charge in [-0.2, -0.15) is 0 Å². The first kappa shape index (κ1) is 8.06. The first-order valence-corrected chi connectivity index (χ1v) is 4.39. The largest absolute Gasteiger partial charge is 0.317 e. The lowest BCUT2D eigenvalue weighted by atomic mass is 9.73. The minimum absolute atomic E-state index is 0.720. The smallest absolute Gasteiger partial charge is 0.00383 e. The number of hydrogen-bond donors (Lipinski definition) is 1. The summed E-state index contributed by atoms with van der Waals surface area (Å²) in [5.41, 5.74) is 0. The quantitative estimate of drug-likeness (QED) is 0.634. The zero-order valence-electron chi connectivity index (χ0n) is 7.35. The summed E-state index contributed by atoms with van der Waals surface area (Å²) in [5, 5.41) is 3.28. The van der Waals surface area contributed by atoms with Crippen LogP contribution in [0, 0.1) is 11.8 Å². The summed E-state index contributed by atoms with van der Waals surface area (Å²) < 4.78 is 0. The Morgan fingerprint density at radius 3 is 2.50 bits per heavy atom. The van der Waals surface area contributed by atoms with Crippen LogP contribution in [0.4, 0.5) is 0 Å². The van der Waals surface area contributed by atoms with Crippen LogP contribution >= 0.6 is 0 Å². The van der Waals surface area contributed by atoms with E-state index in [4.69, 9.17) is 0 Å². The van der Waals surface area contributed by atoms with Crippen LogP contribution < -0.4 is 5.32 Å². The summed E-state index contributed by atoms with van der Waals surface area (Å²) in [7, 11) is 2.05. The predicted molar refractivity (Wildman–Crippen MR) is 45.0 cm³/mol. The van der Waals surface area contributed by atoms with E-state index in [1.165, 1.54) is 19.3 Å². The van der Waals surface area contributed by atoms with Crippen molar-refractivity contribution in [3.63, 3.8) is 0 Å². The molecule has 0 aromatic carbocycles. The molecule has 0 aliphatic heterocycles. The molecule has 1 unspecified atom stereocenters. The molecule has 10 heavy (non-hydrogen) atoms. The average molecular weight is 141 g/mol. The molecule has 0 radical (unpaired) electrons. The lowest BCUT2D eigenvalue weighted by molar-refractivity contribution is 0.186. The van der Waals surface area contributed by atoms with Crippen LogP contribution in [0.15, 0.2) is 0 Å². The van der Waals surface area contributed by atoms with E-state index < -0.39 is 0 Å². The van der Waals surface area contributed by atoms with Crippen molar-refractivity contribution in [3.05, 3.63) is 0 Å². The molecule has 0 aromatic heterocycles. The molecular formula is C9H19N. The maximum Gasteiger partial charge on any atom is 0.00383 e. The van der Waals surface area contributed by atoms with Crippen molar-refractivity contribution >= 4 is 0 Å². The third kappa shape index (κ3) is 1.98. The summed E-state index contributed by atoms with van der Waals surface area (Å²) >= 11 is 0. The second kappa shape index (κ2) is 3.38. The van der Waals surface area contributed by atoms with E-state index in [1.54, 1.807) is 0 Å². The lowest BCUT2D eigenvalue weighted by Gasteiger charge is -2.34. The maximum absolute atomic E-state index is 3.28. The topological polar surface area (TPSA) is 12.0 Å². The highest BCUT2D eigenvalue weighted by molar-refractivity contribution is 4.78. The van der Waals surface area contributed by atoms with Gasteiger partial charge >= 0.3 is 0 Å². The van der Waals surface area contributed by atoms with Crippen molar-refractivity contribution in [2.24, 2.45) is 11.8 Å². The van der Waals surface area contributed by atoms with Crippen molar-refractivity contribution in [1.29, 1.82) is 0 Å². The molecule has 1 N–H and O–H groups in total. The second-order valence-electron chi connectivity index (χ2n) is 3.87. The molecule has 1 nitrogen and oxygen atoms in total. The van der Waals surface area contributed by atoms with Gasteiger partial charge in [0, 0.05) is 6.04 Å². The van der Waals surface area contributed by atoms with Gasteiger partial charge < -0.3 is 5.32 Å². The van der Waals surface area contributed by atoms with Gasteiger partial charge in [-0.25, -0.2) is 0 Å². The van der Waals surface area contributed by atoms with E-state index in [0.29, 0.717) is 0 Å². The van der Waals surface area contributed by atoms with Gasteiger partial charge in [-0.1, -0.05) is 6.92 Å². The molecule has 0 spiro atoms. The molecule has 1 fully saturated rings. The third-order valence-electron chi connectivity index (χ3n) is 2.65. The van der Waals surface area contributed by atoms with Gasteiger partial charge in [-0.3, -0.25) is 0 Å². The number of hydrogen-bond acceptors (Lipinski definition) is 1. The van der Waals surface area contributed by atoms with Gasteiger partial charge in [-0.15, -0.1) is 0 Å². The zero-order chi connectivity index (χ0) is 7.56. The van der Waals surface area contributed by atoms with Gasteiger partial charge in [0.05, 0.1) is 0 Å². The Bertz CT molecular complexity index is 94.9. The van der Waals surface area contributed by atoms with Crippen molar-refractivity contribution in [2.75, 3.05) is 7.05 Å². The summed E-state index contributed by atoms with van der Waals surface area (Å²) in [5.74, 6) is 2.03. The molecule has 1 aliphatic rings. The molecule has 0 aromatic rings. The summed E-state index contributed by atoms with van der Waals surface area (Å²) in [4.78, 5) is 0. The van der Waals surface area contributed by atoms with E-state index in [9.17, 15) is 0 Å². The molecule has 0 saturated heterocycles. The Balaban J connectivity index is 2.04. The average Bonchev–Trinajstić information content (AvgIpc) is 1.84. The normalized spacial score (nSPS) is 35.1. The fourth-order valence-electron chi connectivity index (χ4n) is 1.88. The van der Waals surface area contributed by atoms with Gasteiger partial charge in [0.2, 0.25) is 0 Å². The number of nitrogens with one attached hydrogen (secondary N) is 1. The molecule has 1 aliphatic carbocycles. The minimum atomic E-state index is 0.720. The Morgan fingerprint density at radius 2 is 2.10 bits per heavy atom. The van der Waals surface area contributed by atoms with Crippen LogP contribution in [0.5, 0.6) is 0 Å². The van der Waals surface area contributed by atoms with Gasteiger partial charge in [0.1, 0.15) is 0 Å². The fraction of sp³-hybridized carbons (Fsp3) is 1.00. The third-order valence-corrected chi connectivity index (χ3v) is 2.65. The molecule has 1 saturated carbocycles. The molecule has 1 rings (SSSR count). The highest BCUT2D eigenvalue weighted by Gasteiger charge is 2.25. The Morgan fingerprint density at radius 1 is 1.50 bits per heavy atom. The molecule has 0 heterocycles. The molecule has 0 amide bonds. The Labute approximate surface area is 64.2 Å². The lowest BCUT2D eigenvalue weighted by Crippen LogP contribution is -2.30. The molecule has 1 atom stereocenters. The second-order valence-corrected chi connectivity index (χ2v) is 3.87. The van der Waals surface area contributed by atoms with Crippen LogP contribution in [-0.4, -0.2) is 13.1 Å². The molecular weight excluding hydrogens is 122 g/mol. The van der Waals surface area contributed by atoms with Gasteiger partial charge in [-0.05, 0) is 45.1 Å². The Kier molecular flexibility index (Phi) is 2.72. The predicted octanol–water partition coefficient (Wildman–Crippen LogP) is 2.03. The first-order valence-electron chi connectivity index (χ1n) is 4.39. The molecule has 1 heteroatoms. The van der Waals surface area contributed by atoms with E-state index in [0.717, 1.165) is 17.9 Å². The van der Waals surface area contributed by atoms with E-state index >= 15 is 0 Å². The van der Waals surface area contributed by atoms with Crippen LogP contribution in [-0.2, 0) is 0 Å². The number of rotatable bonds is 3. The fourth-order valence-corrected chi connectivity index (χ4v) is 1.88. The van der Waals surface area contributed by atoms with Crippen LogP contribution in [0.25, 0.3) is 0 Å². The van der Waals surface area contributed by atoms with Crippen LogP contribution in [0.2, 0.25) is 0 Å². The van der Waals surface area contributed by atoms with E-state index in [1.807, 2.05) is 7.05 Å². The SMILES string of the molecule is CNC(C)CC1CC(C)C1. The van der Waals surface area contributed by atoms with Crippen LogP contribution in [0.3, 0.4) is 0 Å². The minimum Gasteiger partial charge on any atom is -0.317 e.